The van der Waals surface area contributed by atoms with Gasteiger partial charge in [-0.05, 0) is 24.6 Å². The maximum Gasteiger partial charge on any atom is 0.344 e. The van der Waals surface area contributed by atoms with Crippen LogP contribution in [-0.2, 0) is 37.4 Å². The number of pyridine rings is 2. The minimum atomic E-state index is -3.47. The lowest BCUT2D eigenvalue weighted by Gasteiger charge is -2.34. The third kappa shape index (κ3) is 2.53. The first-order valence-electron chi connectivity index (χ1n) is 9.20. The molecule has 0 amide bonds. The highest BCUT2D eigenvalue weighted by atomic mass is 31.1. The highest BCUT2D eigenvalue weighted by Crippen LogP contribution is 2.44. The lowest BCUT2D eigenvalue weighted by molar-refractivity contribution is -0.169. The summed E-state index contributed by atoms with van der Waals surface area (Å²) < 4.78 is 23.5. The van der Waals surface area contributed by atoms with Gasteiger partial charge in [0.15, 0.2) is 5.60 Å². The van der Waals surface area contributed by atoms with E-state index >= 15 is 0 Å². The normalized spacial score (nSPS) is 20.7. The summed E-state index contributed by atoms with van der Waals surface area (Å²) in [4.78, 5) is 39.9. The van der Waals surface area contributed by atoms with Crippen LogP contribution in [0.5, 0.6) is 0 Å². The Kier molecular flexibility index (Phi) is 4.00. The Balaban J connectivity index is 1.79. The number of rotatable bonds is 3. The third-order valence-corrected chi connectivity index (χ3v) is 6.17. The van der Waals surface area contributed by atoms with Crippen molar-refractivity contribution >= 4 is 25.1 Å². The van der Waals surface area contributed by atoms with Crippen LogP contribution in [0.15, 0.2) is 41.2 Å². The number of carbonyl (C=O) groups excluding carboxylic acids is 1. The molecule has 8 nitrogen and oxygen atoms in total. The van der Waals surface area contributed by atoms with Gasteiger partial charge in [0.1, 0.15) is 6.61 Å². The number of hydrogen-bond donors (Lipinski definition) is 1. The van der Waals surface area contributed by atoms with Crippen molar-refractivity contribution in [2.75, 3.05) is 0 Å². The number of carbonyl (C=O) groups is 1. The van der Waals surface area contributed by atoms with Crippen LogP contribution >= 0.6 is 8.25 Å². The van der Waals surface area contributed by atoms with Gasteiger partial charge in [-0.3, -0.25) is 13.9 Å². The molecule has 1 N–H and O–H groups in total. The Labute approximate surface area is 165 Å². The summed E-state index contributed by atoms with van der Waals surface area (Å²) in [6.45, 7) is 1.81. The minimum Gasteiger partial charge on any atom is -0.458 e. The first-order chi connectivity index (χ1) is 13.9. The topological polar surface area (TPSA) is 108 Å². The fourth-order valence-electron chi connectivity index (χ4n) is 4.23. The Bertz CT molecular complexity index is 1280. The lowest BCUT2D eigenvalue weighted by Crippen LogP contribution is -2.45. The highest BCUT2D eigenvalue weighted by Gasteiger charge is 2.49. The molecule has 0 spiro atoms. The van der Waals surface area contributed by atoms with Crippen molar-refractivity contribution in [2.24, 2.45) is 0 Å². The Hall–Kier alpha value is -2.80. The first kappa shape index (κ1) is 18.2. The number of ether oxygens (including phenoxy) is 1. The molecule has 2 aliphatic heterocycles. The van der Waals surface area contributed by atoms with Gasteiger partial charge in [-0.1, -0.05) is 25.1 Å². The van der Waals surface area contributed by atoms with Crippen molar-refractivity contribution in [3.63, 3.8) is 0 Å². The maximum absolute atomic E-state index is 13.2. The second-order valence-corrected chi connectivity index (χ2v) is 7.86. The zero-order chi connectivity index (χ0) is 20.3. The molecule has 3 aromatic rings. The molecule has 5 rings (SSSR count). The van der Waals surface area contributed by atoms with Gasteiger partial charge in [-0.2, -0.15) is 0 Å². The lowest BCUT2D eigenvalue weighted by atomic mass is 9.86. The minimum absolute atomic E-state index is 0.0523. The van der Waals surface area contributed by atoms with E-state index in [1.807, 2.05) is 30.3 Å². The molecule has 148 valence electrons. The van der Waals surface area contributed by atoms with E-state index in [1.165, 1.54) is 0 Å². The Morgan fingerprint density at radius 2 is 2.10 bits per heavy atom. The summed E-state index contributed by atoms with van der Waals surface area (Å²) in [6, 6.07) is 11.3. The third-order valence-electron chi connectivity index (χ3n) is 5.65. The number of fused-ring (bicyclic) bond motifs is 5. The van der Waals surface area contributed by atoms with E-state index in [-0.39, 0.29) is 29.7 Å². The molecule has 0 bridgehead atoms. The van der Waals surface area contributed by atoms with Crippen LogP contribution in [0.4, 0.5) is 0 Å². The second-order valence-electron chi connectivity index (χ2n) is 7.13. The van der Waals surface area contributed by atoms with Crippen molar-refractivity contribution in [1.82, 2.24) is 9.55 Å². The molecule has 0 aliphatic carbocycles. The summed E-state index contributed by atoms with van der Waals surface area (Å²) in [7, 11) is -3.47. The van der Waals surface area contributed by atoms with Crippen LogP contribution in [0.1, 0.15) is 30.0 Å². The van der Waals surface area contributed by atoms with Crippen molar-refractivity contribution in [3.8, 4) is 11.4 Å². The molecular formula is C20H17N2O6P. The standard InChI is InChI=1S/C20H17N2O6P/c1-2-20(28-29(25)26)14-8-16-17-12(7-11-5-3-4-6-15(11)21-17)9-22(16)18(23)13(14)10-27-19(20)24/h3-8,29H,2,9-10H2,1H3,(H,25,26)/t20-/m0/s1. The second kappa shape index (κ2) is 6.35. The van der Waals surface area contributed by atoms with E-state index in [2.05, 4.69) is 0 Å². The van der Waals surface area contributed by atoms with Crippen molar-refractivity contribution < 1.29 is 23.5 Å². The average Bonchev–Trinajstić information content (AvgIpc) is 3.06. The molecule has 4 heterocycles. The van der Waals surface area contributed by atoms with Gasteiger partial charge >= 0.3 is 14.2 Å². The summed E-state index contributed by atoms with van der Waals surface area (Å²) in [6.07, 6.45) is 0.0523. The monoisotopic (exact) mass is 412 g/mol. The summed E-state index contributed by atoms with van der Waals surface area (Å²) in [5.74, 6) is -0.769. The fourth-order valence-corrected chi connectivity index (χ4v) is 4.87. The predicted molar refractivity (Wildman–Crippen MR) is 105 cm³/mol. The maximum atomic E-state index is 13.2. The Morgan fingerprint density at radius 3 is 2.86 bits per heavy atom. The molecule has 0 saturated carbocycles. The summed E-state index contributed by atoms with van der Waals surface area (Å²) >= 11 is 0. The van der Waals surface area contributed by atoms with Gasteiger partial charge in [-0.25, -0.2) is 9.78 Å². The molecule has 2 aliphatic rings. The van der Waals surface area contributed by atoms with Crippen LogP contribution in [0, 0.1) is 0 Å². The molecular weight excluding hydrogens is 395 g/mol. The van der Waals surface area contributed by atoms with E-state index in [1.54, 1.807) is 17.6 Å². The molecule has 1 aromatic carbocycles. The van der Waals surface area contributed by atoms with Crippen LogP contribution in [-0.4, -0.2) is 20.4 Å². The molecule has 2 aromatic heterocycles. The van der Waals surface area contributed by atoms with Gasteiger partial charge in [0, 0.05) is 16.5 Å². The van der Waals surface area contributed by atoms with Gasteiger partial charge in [-0.15, -0.1) is 0 Å². The SMILES string of the molecule is CC[C@@]1(O[PH](=O)O)C(=O)OCc2c1cc1n(c2=O)Cc2cc3ccccc3nc2-1. The van der Waals surface area contributed by atoms with Crippen LogP contribution < -0.4 is 5.56 Å². The van der Waals surface area contributed by atoms with Crippen molar-refractivity contribution in [3.05, 3.63) is 63.4 Å². The predicted octanol–water partition coefficient (Wildman–Crippen LogP) is 2.49. The molecule has 0 fully saturated rings. The average molecular weight is 412 g/mol. The van der Waals surface area contributed by atoms with E-state index in [9.17, 15) is 19.0 Å². The zero-order valence-corrected chi connectivity index (χ0v) is 16.5. The number of esters is 1. The molecule has 2 atom stereocenters. The van der Waals surface area contributed by atoms with Crippen LogP contribution in [0.2, 0.25) is 0 Å². The Morgan fingerprint density at radius 1 is 1.31 bits per heavy atom. The number of aromatic nitrogens is 2. The fraction of sp³-hybridized carbons (Fsp3) is 0.250. The summed E-state index contributed by atoms with van der Waals surface area (Å²) in [5, 5.41) is 0.973. The van der Waals surface area contributed by atoms with Crippen molar-refractivity contribution in [2.45, 2.75) is 32.1 Å². The van der Waals surface area contributed by atoms with Crippen LogP contribution in [0.25, 0.3) is 22.3 Å². The molecule has 29 heavy (non-hydrogen) atoms. The van der Waals surface area contributed by atoms with Gasteiger partial charge in [0.05, 0.1) is 29.0 Å². The van der Waals surface area contributed by atoms with E-state index in [0.29, 0.717) is 17.9 Å². The summed E-state index contributed by atoms with van der Waals surface area (Å²) in [5.41, 5.74) is 1.35. The zero-order valence-electron chi connectivity index (χ0n) is 15.5. The number of para-hydroxylation sites is 1. The number of nitrogens with zero attached hydrogens (tertiary/aromatic N) is 2. The molecule has 0 saturated heterocycles. The molecule has 1 unspecified atom stereocenters. The van der Waals surface area contributed by atoms with Gasteiger partial charge in [0.2, 0.25) is 0 Å². The van der Waals surface area contributed by atoms with Gasteiger partial charge < -0.3 is 14.2 Å². The number of cyclic esters (lactones) is 1. The van der Waals surface area contributed by atoms with E-state index < -0.39 is 19.8 Å². The largest absolute Gasteiger partial charge is 0.458 e. The van der Waals surface area contributed by atoms with Crippen LogP contribution in [0.3, 0.4) is 0 Å². The molecule has 0 radical (unpaired) electrons. The quantitative estimate of drug-likeness (QED) is 0.407. The molecule has 9 heteroatoms. The smallest absolute Gasteiger partial charge is 0.344 e. The van der Waals surface area contributed by atoms with E-state index in [4.69, 9.17) is 14.2 Å². The highest BCUT2D eigenvalue weighted by molar-refractivity contribution is 7.32. The number of hydrogen-bond acceptors (Lipinski definition) is 6. The van der Waals surface area contributed by atoms with Gasteiger partial charge in [0.25, 0.3) is 5.56 Å². The van der Waals surface area contributed by atoms with Crippen molar-refractivity contribution in [1.29, 1.82) is 0 Å². The number of benzene rings is 1. The van der Waals surface area contributed by atoms with E-state index in [0.717, 1.165) is 16.5 Å². The first-order valence-corrected chi connectivity index (χ1v) is 10.5.